The summed E-state index contributed by atoms with van der Waals surface area (Å²) in [5.41, 5.74) is 0. The van der Waals surface area contributed by atoms with E-state index in [1.165, 1.54) is 32.4 Å². The molecule has 8 heavy (non-hydrogen) atoms. The van der Waals surface area contributed by atoms with Gasteiger partial charge in [-0.15, -0.1) is 0 Å². The van der Waals surface area contributed by atoms with E-state index in [4.69, 9.17) is 0 Å². The van der Waals surface area contributed by atoms with E-state index >= 15 is 0 Å². The molecule has 1 rings (SSSR count). The maximum atomic E-state index is 9.50. The van der Waals surface area contributed by atoms with E-state index in [2.05, 4.69) is 5.32 Å². The van der Waals surface area contributed by atoms with Gasteiger partial charge in [0.1, 0.15) is 0 Å². The highest BCUT2D eigenvalue weighted by molar-refractivity contribution is 5.96. The third-order valence-electron chi connectivity index (χ3n) is 1.21. The van der Waals surface area contributed by atoms with Crippen molar-refractivity contribution >= 4 is 8.12 Å². The minimum Gasteiger partial charge on any atom is -0.347 e. The van der Waals surface area contributed by atoms with Crippen molar-refractivity contribution in [3.05, 3.63) is 0 Å². The summed E-state index contributed by atoms with van der Waals surface area (Å²) in [4.78, 5) is 0. The van der Waals surface area contributed by atoms with E-state index in [1.54, 1.807) is 0 Å². The lowest BCUT2D eigenvalue weighted by Crippen LogP contribution is -2.21. The molecule has 0 saturated carbocycles. The zero-order valence-corrected chi connectivity index (χ0v) is 5.41. The van der Waals surface area contributed by atoms with Gasteiger partial charge in [-0.3, -0.25) is 0 Å². The first-order chi connectivity index (χ1) is 4.00. The van der Waals surface area contributed by atoms with Crippen LogP contribution in [-0.2, 0) is 0 Å². The highest BCUT2D eigenvalue weighted by Crippen LogP contribution is 1.96. The third-order valence-corrected chi connectivity index (χ3v) is 1.21. The molecule has 3 heteroatoms. The van der Waals surface area contributed by atoms with Crippen LogP contribution in [0.1, 0.15) is 19.3 Å². The lowest BCUT2D eigenvalue weighted by atomic mass is 10.2. The zero-order valence-electron chi connectivity index (χ0n) is 5.41. The van der Waals surface area contributed by atoms with E-state index in [1.807, 2.05) is 0 Å². The summed E-state index contributed by atoms with van der Waals surface area (Å²) in [5, 5.41) is 3.28. The molecule has 1 aliphatic rings. The van der Waals surface area contributed by atoms with Gasteiger partial charge in [0.2, 0.25) is 0 Å². The molecule has 1 aliphatic heterocycles. The first-order valence-electron chi connectivity index (χ1n) is 3.09. The predicted molar refractivity (Wildman–Crippen MR) is 36.4 cm³/mol. The molecule has 0 atom stereocenters. The van der Waals surface area contributed by atoms with E-state index in [0.29, 0.717) is 8.12 Å². The number of hydrogen-bond acceptors (Lipinski definition) is 1. The number of halogens is 1. The first kappa shape index (κ1) is 7.95. The maximum Gasteiger partial charge on any atom is 0.314 e. The number of nitrogens with one attached hydrogen (secondary N) is 1. The average molecular weight is 117 g/mol. The molecule has 1 saturated heterocycles. The van der Waals surface area contributed by atoms with Crippen LogP contribution in [0.2, 0.25) is 0 Å². The highest BCUT2D eigenvalue weighted by atomic mass is 19.1. The second-order valence-electron chi connectivity index (χ2n) is 1.81. The van der Waals surface area contributed by atoms with Gasteiger partial charge >= 0.3 is 8.12 Å². The standard InChI is InChI=1S/C5H11N.BFH2/c1-2-4-6-5-3-1;1-2/h6H,1-5H2;1H2. The molecular formula is C5H13BFN. The largest absolute Gasteiger partial charge is 0.347 e. The van der Waals surface area contributed by atoms with Gasteiger partial charge in [0, 0.05) is 0 Å². The summed E-state index contributed by atoms with van der Waals surface area (Å²) in [5.74, 6) is 0. The number of hydrogen-bond donors (Lipinski definition) is 1. The number of piperidine rings is 1. The van der Waals surface area contributed by atoms with Crippen LogP contribution in [0.3, 0.4) is 0 Å². The second kappa shape index (κ2) is 6.95. The maximum absolute atomic E-state index is 9.50. The molecule has 1 fully saturated rings. The molecule has 0 aromatic heterocycles. The van der Waals surface area contributed by atoms with Crippen LogP contribution in [0.5, 0.6) is 0 Å². The van der Waals surface area contributed by atoms with Crippen LogP contribution >= 0.6 is 0 Å². The molecule has 0 unspecified atom stereocenters. The van der Waals surface area contributed by atoms with E-state index < -0.39 is 0 Å². The van der Waals surface area contributed by atoms with E-state index in [-0.39, 0.29) is 0 Å². The van der Waals surface area contributed by atoms with Crippen LogP contribution in [0.25, 0.3) is 0 Å². The summed E-state index contributed by atoms with van der Waals surface area (Å²) >= 11 is 0. The van der Waals surface area contributed by atoms with Crippen LogP contribution in [-0.4, -0.2) is 21.2 Å². The fourth-order valence-electron chi connectivity index (χ4n) is 0.802. The molecule has 1 heterocycles. The Labute approximate surface area is 51.1 Å². The van der Waals surface area contributed by atoms with Crippen molar-refractivity contribution in [2.75, 3.05) is 13.1 Å². The Morgan fingerprint density at radius 2 is 1.50 bits per heavy atom. The van der Waals surface area contributed by atoms with Gasteiger partial charge in [0.15, 0.2) is 0 Å². The van der Waals surface area contributed by atoms with Gasteiger partial charge in [-0.2, -0.15) is 0 Å². The van der Waals surface area contributed by atoms with Crippen molar-refractivity contribution in [3.8, 4) is 0 Å². The Morgan fingerprint density at radius 1 is 1.00 bits per heavy atom. The summed E-state index contributed by atoms with van der Waals surface area (Å²) in [6.07, 6.45) is 4.22. The van der Waals surface area contributed by atoms with Crippen molar-refractivity contribution in [1.29, 1.82) is 0 Å². The molecule has 0 radical (unpaired) electrons. The van der Waals surface area contributed by atoms with E-state index in [9.17, 15) is 4.32 Å². The Hall–Kier alpha value is -0.0451. The molecule has 48 valence electrons. The molecule has 1 nitrogen and oxygen atoms in total. The number of rotatable bonds is 0. The van der Waals surface area contributed by atoms with Crippen molar-refractivity contribution < 1.29 is 4.32 Å². The molecule has 0 aliphatic carbocycles. The molecule has 0 amide bonds. The fraction of sp³-hybridized carbons (Fsp3) is 1.00. The normalized spacial score (nSPS) is 18.6. The molecular weight excluding hydrogens is 104 g/mol. The predicted octanol–water partition coefficient (Wildman–Crippen LogP) is 0.264. The van der Waals surface area contributed by atoms with E-state index in [0.717, 1.165) is 0 Å². The molecule has 0 spiro atoms. The topological polar surface area (TPSA) is 12.0 Å². The van der Waals surface area contributed by atoms with Gasteiger partial charge in [-0.25, -0.2) is 0 Å². The second-order valence-corrected chi connectivity index (χ2v) is 1.81. The van der Waals surface area contributed by atoms with Gasteiger partial charge in [-0.1, -0.05) is 6.42 Å². The molecule has 0 aromatic carbocycles. The lowest BCUT2D eigenvalue weighted by molar-refractivity contribution is 0.520. The Balaban J connectivity index is 0.000000222. The lowest BCUT2D eigenvalue weighted by Gasteiger charge is -2.08. The molecule has 0 bridgehead atoms. The zero-order chi connectivity index (χ0) is 6.24. The van der Waals surface area contributed by atoms with Gasteiger partial charge in [-0.05, 0) is 25.9 Å². The van der Waals surface area contributed by atoms with Crippen molar-refractivity contribution in [2.45, 2.75) is 19.3 Å². The van der Waals surface area contributed by atoms with Crippen LogP contribution in [0, 0.1) is 0 Å². The third kappa shape index (κ3) is 4.12. The summed E-state index contributed by atoms with van der Waals surface area (Å²) < 4.78 is 9.50. The molecule has 0 aromatic rings. The minimum absolute atomic E-state index is 0.500. The van der Waals surface area contributed by atoms with Crippen LogP contribution in [0.15, 0.2) is 0 Å². The molecule has 1 N–H and O–H groups in total. The van der Waals surface area contributed by atoms with Crippen molar-refractivity contribution in [2.24, 2.45) is 0 Å². The summed E-state index contributed by atoms with van der Waals surface area (Å²) in [6, 6.07) is 0. The fourth-order valence-corrected chi connectivity index (χ4v) is 0.802. The van der Waals surface area contributed by atoms with Crippen LogP contribution in [0.4, 0.5) is 4.32 Å². The SMILES string of the molecule is BF.C1CCNCC1. The van der Waals surface area contributed by atoms with Gasteiger partial charge < -0.3 is 9.63 Å². The Kier molecular flexibility index (Phi) is 6.92. The first-order valence-corrected chi connectivity index (χ1v) is 3.09. The van der Waals surface area contributed by atoms with Crippen molar-refractivity contribution in [1.82, 2.24) is 5.32 Å². The van der Waals surface area contributed by atoms with Crippen LogP contribution < -0.4 is 5.32 Å². The summed E-state index contributed by atoms with van der Waals surface area (Å²) in [7, 11) is 0.500. The minimum atomic E-state index is 0.500. The Morgan fingerprint density at radius 3 is 1.62 bits per heavy atom. The Bertz CT molecular complexity index is 27.9. The monoisotopic (exact) mass is 117 g/mol. The summed E-state index contributed by atoms with van der Waals surface area (Å²) in [6.45, 7) is 2.50. The quantitative estimate of drug-likeness (QED) is 0.449. The highest BCUT2D eigenvalue weighted by Gasteiger charge is 1.93. The smallest absolute Gasteiger partial charge is 0.314 e. The van der Waals surface area contributed by atoms with Crippen molar-refractivity contribution in [3.63, 3.8) is 0 Å². The average Bonchev–Trinajstić information content (AvgIpc) is 1.96. The van der Waals surface area contributed by atoms with Gasteiger partial charge in [0.25, 0.3) is 0 Å². The van der Waals surface area contributed by atoms with Gasteiger partial charge in [0.05, 0.1) is 0 Å².